The molecule has 0 radical (unpaired) electrons. The van der Waals surface area contributed by atoms with Crippen molar-refractivity contribution in [2.24, 2.45) is 27.3 Å². The van der Waals surface area contributed by atoms with E-state index in [2.05, 4.69) is 4.99 Å². The number of primary amides is 1. The molecular formula is C9H19N3O. The second-order valence-electron chi connectivity index (χ2n) is 4.22. The maximum Gasteiger partial charge on any atom is 0.224 e. The maximum absolute atomic E-state index is 11.2. The van der Waals surface area contributed by atoms with E-state index in [1.165, 1.54) is 0 Å². The number of amides is 1. The van der Waals surface area contributed by atoms with Gasteiger partial charge in [0, 0.05) is 12.5 Å². The molecule has 0 bridgehead atoms. The molecule has 0 saturated carbocycles. The van der Waals surface area contributed by atoms with Gasteiger partial charge in [0.15, 0.2) is 0 Å². The normalized spacial score (nSPS) is 14.4. The first-order valence-corrected chi connectivity index (χ1v) is 4.20. The summed E-state index contributed by atoms with van der Waals surface area (Å²) in [5.74, 6) is 0.0698. The van der Waals surface area contributed by atoms with Crippen LogP contribution in [-0.2, 0) is 4.79 Å². The quantitative estimate of drug-likeness (QED) is 0.496. The van der Waals surface area contributed by atoms with Crippen LogP contribution in [0.4, 0.5) is 0 Å². The van der Waals surface area contributed by atoms with Crippen molar-refractivity contribution >= 4 is 11.7 Å². The Balaban J connectivity index is 5.15. The predicted molar refractivity (Wildman–Crippen MR) is 54.3 cm³/mol. The molecule has 4 N–H and O–H groups in total. The van der Waals surface area contributed by atoms with Crippen LogP contribution in [0.5, 0.6) is 0 Å². The lowest BCUT2D eigenvalue weighted by molar-refractivity contribution is -0.129. The van der Waals surface area contributed by atoms with Crippen LogP contribution < -0.4 is 11.5 Å². The van der Waals surface area contributed by atoms with E-state index in [4.69, 9.17) is 11.5 Å². The maximum atomic E-state index is 11.2. The Bertz CT molecular complexity index is 241. The Hall–Kier alpha value is -1.06. The number of aliphatic imine (C=N–C) groups is 1. The Morgan fingerprint density at radius 3 is 1.69 bits per heavy atom. The molecule has 1 amide bonds. The topological polar surface area (TPSA) is 81.5 Å². The monoisotopic (exact) mass is 185 g/mol. The molecule has 0 spiro atoms. The molecule has 0 fully saturated rings. The van der Waals surface area contributed by atoms with Gasteiger partial charge in [0.25, 0.3) is 0 Å². The second-order valence-corrected chi connectivity index (χ2v) is 4.22. The Kier molecular flexibility index (Phi) is 3.08. The highest BCUT2D eigenvalue weighted by Crippen LogP contribution is 2.38. The highest BCUT2D eigenvalue weighted by atomic mass is 16.1. The van der Waals surface area contributed by atoms with E-state index >= 15 is 0 Å². The Morgan fingerprint density at radius 1 is 1.08 bits per heavy atom. The number of carbonyl (C=O) groups excluding carboxylic acids is 1. The van der Waals surface area contributed by atoms with Gasteiger partial charge in [-0.2, -0.15) is 0 Å². The summed E-state index contributed by atoms with van der Waals surface area (Å²) in [6.07, 6.45) is 0. The summed E-state index contributed by atoms with van der Waals surface area (Å²) in [5, 5.41) is 0. The van der Waals surface area contributed by atoms with E-state index in [1.54, 1.807) is 20.9 Å². The van der Waals surface area contributed by atoms with Crippen molar-refractivity contribution in [3.05, 3.63) is 0 Å². The smallest absolute Gasteiger partial charge is 0.224 e. The molecule has 0 aromatic heterocycles. The first-order valence-electron chi connectivity index (χ1n) is 4.20. The lowest BCUT2D eigenvalue weighted by Gasteiger charge is -2.38. The van der Waals surface area contributed by atoms with E-state index in [0.29, 0.717) is 5.84 Å². The average molecular weight is 185 g/mol. The summed E-state index contributed by atoms with van der Waals surface area (Å²) >= 11 is 0. The van der Waals surface area contributed by atoms with Crippen molar-refractivity contribution in [3.63, 3.8) is 0 Å². The molecule has 0 unspecified atom stereocenters. The molecule has 0 aliphatic rings. The number of hydrogen-bond acceptors (Lipinski definition) is 2. The second kappa shape index (κ2) is 3.36. The molecule has 0 atom stereocenters. The molecule has 0 aliphatic heterocycles. The van der Waals surface area contributed by atoms with E-state index in [0.717, 1.165) is 0 Å². The minimum atomic E-state index is -0.698. The summed E-state index contributed by atoms with van der Waals surface area (Å²) in [7, 11) is 1.61. The summed E-state index contributed by atoms with van der Waals surface area (Å²) < 4.78 is 0. The van der Waals surface area contributed by atoms with Crippen molar-refractivity contribution in [3.8, 4) is 0 Å². The van der Waals surface area contributed by atoms with Gasteiger partial charge in [-0.15, -0.1) is 0 Å². The highest BCUT2D eigenvalue weighted by Gasteiger charge is 2.44. The fraction of sp³-hybridized carbons (Fsp3) is 0.778. The standard InChI is InChI=1S/C9H19N3O/c1-8(2,6(10)12-5)9(3,4)7(11)13/h1-5H3,(H2,10,12)(H2,11,13). The summed E-state index contributed by atoms with van der Waals surface area (Å²) in [5.41, 5.74) is 9.80. The van der Waals surface area contributed by atoms with Gasteiger partial charge in [0.05, 0.1) is 5.41 Å². The molecule has 0 saturated heterocycles. The minimum Gasteiger partial charge on any atom is -0.387 e. The molecule has 0 heterocycles. The van der Waals surface area contributed by atoms with Crippen molar-refractivity contribution in [2.75, 3.05) is 7.05 Å². The van der Waals surface area contributed by atoms with E-state index < -0.39 is 10.8 Å². The van der Waals surface area contributed by atoms with Crippen molar-refractivity contribution < 1.29 is 4.79 Å². The van der Waals surface area contributed by atoms with Gasteiger partial charge in [0.1, 0.15) is 5.84 Å². The summed E-state index contributed by atoms with van der Waals surface area (Å²) in [6.45, 7) is 7.26. The van der Waals surface area contributed by atoms with Gasteiger partial charge < -0.3 is 11.5 Å². The first-order chi connectivity index (χ1) is 5.67. The van der Waals surface area contributed by atoms with Crippen molar-refractivity contribution in [1.82, 2.24) is 0 Å². The summed E-state index contributed by atoms with van der Waals surface area (Å²) in [6, 6.07) is 0. The van der Waals surface area contributed by atoms with E-state index in [-0.39, 0.29) is 5.91 Å². The zero-order valence-corrected chi connectivity index (χ0v) is 9.01. The van der Waals surface area contributed by atoms with Crippen molar-refractivity contribution in [1.29, 1.82) is 0 Å². The lowest BCUT2D eigenvalue weighted by Crippen LogP contribution is -2.50. The van der Waals surface area contributed by atoms with Crippen LogP contribution in [0.2, 0.25) is 0 Å². The van der Waals surface area contributed by atoms with Gasteiger partial charge >= 0.3 is 0 Å². The van der Waals surface area contributed by atoms with Gasteiger partial charge in [-0.25, -0.2) is 0 Å². The fourth-order valence-electron chi connectivity index (χ4n) is 0.908. The van der Waals surface area contributed by atoms with E-state index in [9.17, 15) is 4.79 Å². The molecule has 0 aromatic carbocycles. The number of rotatable bonds is 3. The first kappa shape index (κ1) is 11.9. The van der Waals surface area contributed by atoms with Gasteiger partial charge in [0.2, 0.25) is 5.91 Å². The largest absolute Gasteiger partial charge is 0.387 e. The summed E-state index contributed by atoms with van der Waals surface area (Å²) in [4.78, 5) is 15.1. The molecule has 4 nitrogen and oxygen atoms in total. The molecule has 0 aliphatic carbocycles. The van der Waals surface area contributed by atoms with Crippen LogP contribution in [0.3, 0.4) is 0 Å². The van der Waals surface area contributed by atoms with Crippen LogP contribution in [0, 0.1) is 10.8 Å². The van der Waals surface area contributed by atoms with Crippen LogP contribution in [0.25, 0.3) is 0 Å². The van der Waals surface area contributed by atoms with Gasteiger partial charge in [-0.3, -0.25) is 9.79 Å². The molecule has 13 heavy (non-hydrogen) atoms. The zero-order valence-electron chi connectivity index (χ0n) is 9.01. The average Bonchev–Trinajstić information content (AvgIpc) is 2.02. The van der Waals surface area contributed by atoms with Crippen LogP contribution >= 0.6 is 0 Å². The number of amidine groups is 1. The lowest BCUT2D eigenvalue weighted by atomic mass is 9.66. The third kappa shape index (κ3) is 1.82. The number of nitrogens with zero attached hydrogens (tertiary/aromatic N) is 1. The number of carbonyl (C=O) groups is 1. The highest BCUT2D eigenvalue weighted by molar-refractivity contribution is 5.93. The third-order valence-corrected chi connectivity index (χ3v) is 3.06. The molecule has 0 aromatic rings. The van der Waals surface area contributed by atoms with Gasteiger partial charge in [-0.05, 0) is 0 Å². The fourth-order valence-corrected chi connectivity index (χ4v) is 0.908. The minimum absolute atomic E-state index is 0.371. The van der Waals surface area contributed by atoms with Crippen molar-refractivity contribution in [2.45, 2.75) is 27.7 Å². The predicted octanol–water partition coefficient (Wildman–Crippen LogP) is 0.511. The molecule has 0 rings (SSSR count). The van der Waals surface area contributed by atoms with Gasteiger partial charge in [-0.1, -0.05) is 27.7 Å². The Morgan fingerprint density at radius 2 is 1.46 bits per heavy atom. The van der Waals surface area contributed by atoms with E-state index in [1.807, 2.05) is 13.8 Å². The molecule has 76 valence electrons. The van der Waals surface area contributed by atoms with Crippen LogP contribution in [0.15, 0.2) is 4.99 Å². The zero-order chi connectivity index (χ0) is 10.9. The molecular weight excluding hydrogens is 166 g/mol. The van der Waals surface area contributed by atoms with Crippen LogP contribution in [0.1, 0.15) is 27.7 Å². The Labute approximate surface area is 79.4 Å². The molecule has 4 heteroatoms. The van der Waals surface area contributed by atoms with Crippen LogP contribution in [-0.4, -0.2) is 18.8 Å². The third-order valence-electron chi connectivity index (χ3n) is 3.06. The number of hydrogen-bond donors (Lipinski definition) is 2. The number of nitrogens with two attached hydrogens (primary N) is 2. The SMILES string of the molecule is CN=C(N)C(C)(C)C(C)(C)C(N)=O.